The van der Waals surface area contributed by atoms with Gasteiger partial charge in [0.25, 0.3) is 5.69 Å². The van der Waals surface area contributed by atoms with Gasteiger partial charge < -0.3 is 5.32 Å². The SMILES string of the molecule is CC1CC(=O)Nc2ccc([N+](=O)[O-])cc21. The number of amides is 1. The van der Waals surface area contributed by atoms with Crippen molar-refractivity contribution in [3.05, 3.63) is 33.9 Å². The molecule has 1 aliphatic heterocycles. The number of carbonyl (C=O) groups excluding carboxylic acids is 1. The van der Waals surface area contributed by atoms with Crippen LogP contribution in [-0.4, -0.2) is 10.8 Å². The molecule has 1 heterocycles. The highest BCUT2D eigenvalue weighted by molar-refractivity contribution is 5.94. The second-order valence-corrected chi connectivity index (χ2v) is 3.68. The summed E-state index contributed by atoms with van der Waals surface area (Å²) in [5, 5.41) is 13.3. The van der Waals surface area contributed by atoms with Crippen molar-refractivity contribution in [3.63, 3.8) is 0 Å². The normalized spacial score (nSPS) is 19.3. The summed E-state index contributed by atoms with van der Waals surface area (Å²) < 4.78 is 0. The van der Waals surface area contributed by atoms with E-state index in [1.54, 1.807) is 6.07 Å². The molecule has 5 nitrogen and oxygen atoms in total. The van der Waals surface area contributed by atoms with Crippen LogP contribution < -0.4 is 5.32 Å². The van der Waals surface area contributed by atoms with Crippen LogP contribution in [0.4, 0.5) is 11.4 Å². The molecule has 1 aromatic rings. The Kier molecular flexibility index (Phi) is 2.15. The van der Waals surface area contributed by atoms with Crippen molar-refractivity contribution in [1.29, 1.82) is 0 Å². The van der Waals surface area contributed by atoms with E-state index in [1.807, 2.05) is 6.92 Å². The third kappa shape index (κ3) is 1.68. The van der Waals surface area contributed by atoms with Gasteiger partial charge in [-0.1, -0.05) is 6.92 Å². The van der Waals surface area contributed by atoms with E-state index in [-0.39, 0.29) is 17.5 Å². The van der Waals surface area contributed by atoms with Gasteiger partial charge in [0.2, 0.25) is 5.91 Å². The van der Waals surface area contributed by atoms with Gasteiger partial charge in [0.15, 0.2) is 0 Å². The van der Waals surface area contributed by atoms with E-state index in [0.29, 0.717) is 12.1 Å². The number of nitrogens with zero attached hydrogens (tertiary/aromatic N) is 1. The maximum Gasteiger partial charge on any atom is 0.269 e. The maximum atomic E-state index is 11.2. The molecule has 0 spiro atoms. The molecule has 1 atom stereocenters. The minimum atomic E-state index is -0.427. The zero-order chi connectivity index (χ0) is 11.0. The minimum Gasteiger partial charge on any atom is -0.326 e. The number of benzene rings is 1. The molecule has 0 bridgehead atoms. The molecular weight excluding hydrogens is 196 g/mol. The molecule has 0 saturated heterocycles. The average Bonchev–Trinajstić information content (AvgIpc) is 2.16. The van der Waals surface area contributed by atoms with Gasteiger partial charge >= 0.3 is 0 Å². The highest BCUT2D eigenvalue weighted by Gasteiger charge is 2.23. The number of anilines is 1. The van der Waals surface area contributed by atoms with Crippen molar-refractivity contribution >= 4 is 17.3 Å². The first-order valence-electron chi connectivity index (χ1n) is 4.66. The summed E-state index contributed by atoms with van der Waals surface area (Å²) in [6, 6.07) is 4.51. The minimum absolute atomic E-state index is 0.0358. The number of nitrogens with one attached hydrogen (secondary N) is 1. The first kappa shape index (κ1) is 9.64. The lowest BCUT2D eigenvalue weighted by Crippen LogP contribution is -2.21. The molecule has 78 valence electrons. The van der Waals surface area contributed by atoms with Crippen LogP contribution in [0.2, 0.25) is 0 Å². The van der Waals surface area contributed by atoms with Crippen LogP contribution in [0.1, 0.15) is 24.8 Å². The number of rotatable bonds is 1. The average molecular weight is 206 g/mol. The van der Waals surface area contributed by atoms with Gasteiger partial charge in [0.1, 0.15) is 0 Å². The van der Waals surface area contributed by atoms with Gasteiger partial charge in [-0.3, -0.25) is 14.9 Å². The number of non-ortho nitro benzene ring substituents is 1. The lowest BCUT2D eigenvalue weighted by molar-refractivity contribution is -0.384. The smallest absolute Gasteiger partial charge is 0.269 e. The van der Waals surface area contributed by atoms with Crippen LogP contribution in [0.15, 0.2) is 18.2 Å². The molecule has 0 aliphatic carbocycles. The Bertz CT molecular complexity index is 442. The highest BCUT2D eigenvalue weighted by Crippen LogP contribution is 2.34. The largest absolute Gasteiger partial charge is 0.326 e. The Balaban J connectivity index is 2.48. The summed E-state index contributed by atoms with van der Waals surface area (Å²) in [6.45, 7) is 1.89. The Morgan fingerprint density at radius 2 is 2.27 bits per heavy atom. The van der Waals surface area contributed by atoms with Gasteiger partial charge in [-0.05, 0) is 17.5 Å². The topological polar surface area (TPSA) is 72.2 Å². The van der Waals surface area contributed by atoms with Crippen LogP contribution in [0, 0.1) is 10.1 Å². The molecule has 1 N–H and O–H groups in total. The van der Waals surface area contributed by atoms with Crippen molar-refractivity contribution in [2.45, 2.75) is 19.3 Å². The number of fused-ring (bicyclic) bond motifs is 1. The maximum absolute atomic E-state index is 11.2. The van der Waals surface area contributed by atoms with E-state index in [0.717, 1.165) is 5.56 Å². The second kappa shape index (κ2) is 3.34. The summed E-state index contributed by atoms with van der Waals surface area (Å²) in [4.78, 5) is 21.4. The third-order valence-electron chi connectivity index (χ3n) is 2.54. The Hall–Kier alpha value is -1.91. The zero-order valence-corrected chi connectivity index (χ0v) is 8.19. The van der Waals surface area contributed by atoms with E-state index >= 15 is 0 Å². The fraction of sp³-hybridized carbons (Fsp3) is 0.300. The third-order valence-corrected chi connectivity index (χ3v) is 2.54. The monoisotopic (exact) mass is 206 g/mol. The Morgan fingerprint density at radius 1 is 1.53 bits per heavy atom. The van der Waals surface area contributed by atoms with Crippen LogP contribution in [0.25, 0.3) is 0 Å². The van der Waals surface area contributed by atoms with Crippen molar-refractivity contribution in [2.24, 2.45) is 0 Å². The second-order valence-electron chi connectivity index (χ2n) is 3.68. The predicted molar refractivity (Wildman–Crippen MR) is 54.8 cm³/mol. The first-order chi connectivity index (χ1) is 7.08. The molecule has 15 heavy (non-hydrogen) atoms. The van der Waals surface area contributed by atoms with Gasteiger partial charge in [0.05, 0.1) is 4.92 Å². The van der Waals surface area contributed by atoms with E-state index in [2.05, 4.69) is 5.32 Å². The first-order valence-corrected chi connectivity index (χ1v) is 4.66. The molecule has 0 saturated carbocycles. The summed E-state index contributed by atoms with van der Waals surface area (Å²) in [6.07, 6.45) is 0.383. The summed E-state index contributed by atoms with van der Waals surface area (Å²) in [7, 11) is 0. The molecular formula is C10H10N2O3. The van der Waals surface area contributed by atoms with E-state index in [1.165, 1.54) is 12.1 Å². The van der Waals surface area contributed by atoms with Gasteiger partial charge in [-0.2, -0.15) is 0 Å². The van der Waals surface area contributed by atoms with Crippen LogP contribution in [0.5, 0.6) is 0 Å². The number of hydrogen-bond acceptors (Lipinski definition) is 3. The molecule has 0 fully saturated rings. The molecule has 0 aromatic heterocycles. The molecule has 1 unspecified atom stereocenters. The molecule has 5 heteroatoms. The van der Waals surface area contributed by atoms with E-state index < -0.39 is 4.92 Å². The van der Waals surface area contributed by atoms with Crippen molar-refractivity contribution in [2.75, 3.05) is 5.32 Å². The van der Waals surface area contributed by atoms with Gasteiger partial charge in [-0.25, -0.2) is 0 Å². The molecule has 1 aliphatic rings. The number of hydrogen-bond donors (Lipinski definition) is 1. The lowest BCUT2D eigenvalue weighted by Gasteiger charge is -2.21. The summed E-state index contributed by atoms with van der Waals surface area (Å²) >= 11 is 0. The Labute approximate surface area is 86.2 Å². The molecule has 1 aromatic carbocycles. The Morgan fingerprint density at radius 3 is 2.93 bits per heavy atom. The zero-order valence-electron chi connectivity index (χ0n) is 8.19. The molecule has 2 rings (SSSR count). The molecule has 1 amide bonds. The van der Waals surface area contributed by atoms with Crippen molar-refractivity contribution in [3.8, 4) is 0 Å². The van der Waals surface area contributed by atoms with Crippen LogP contribution in [0.3, 0.4) is 0 Å². The predicted octanol–water partition coefficient (Wildman–Crippen LogP) is 2.04. The van der Waals surface area contributed by atoms with Gasteiger partial charge in [0, 0.05) is 24.2 Å². The quantitative estimate of drug-likeness (QED) is 0.564. The summed E-state index contributed by atoms with van der Waals surface area (Å²) in [5.74, 6) is -0.00231. The fourth-order valence-electron chi connectivity index (χ4n) is 1.77. The highest BCUT2D eigenvalue weighted by atomic mass is 16.6. The van der Waals surface area contributed by atoms with Crippen molar-refractivity contribution < 1.29 is 9.72 Å². The van der Waals surface area contributed by atoms with E-state index in [9.17, 15) is 14.9 Å². The van der Waals surface area contributed by atoms with Crippen LogP contribution in [-0.2, 0) is 4.79 Å². The summed E-state index contributed by atoms with van der Waals surface area (Å²) in [5.41, 5.74) is 1.59. The van der Waals surface area contributed by atoms with Crippen molar-refractivity contribution in [1.82, 2.24) is 0 Å². The lowest BCUT2D eigenvalue weighted by atomic mass is 9.92. The number of carbonyl (C=O) groups is 1. The van der Waals surface area contributed by atoms with Crippen LogP contribution >= 0.6 is 0 Å². The van der Waals surface area contributed by atoms with E-state index in [4.69, 9.17) is 0 Å². The molecule has 0 radical (unpaired) electrons. The standard InChI is InChI=1S/C10H10N2O3/c1-6-4-10(13)11-9-3-2-7(12(14)15)5-8(6)9/h2-3,5-6H,4H2,1H3,(H,11,13). The van der Waals surface area contributed by atoms with Gasteiger partial charge in [-0.15, -0.1) is 0 Å². The number of nitro groups is 1. The number of nitro benzene ring substituents is 1. The fourth-order valence-corrected chi connectivity index (χ4v) is 1.77.